The maximum Gasteiger partial charge on any atom is 0.143 e. The van der Waals surface area contributed by atoms with Gasteiger partial charge in [0.1, 0.15) is 23.0 Å². The van der Waals surface area contributed by atoms with Crippen molar-refractivity contribution < 1.29 is 8.83 Å². The first-order valence-corrected chi connectivity index (χ1v) is 36.3. The summed E-state index contributed by atoms with van der Waals surface area (Å²) in [5, 5.41) is 20.6. The molecule has 486 valence electrons. The second-order valence-electron chi connectivity index (χ2n) is 29.9. The number of aryl methyl sites for hydroxylation is 4. The second-order valence-corrected chi connectivity index (χ2v) is 29.9. The van der Waals surface area contributed by atoms with Crippen molar-refractivity contribution in [2.45, 2.75) is 53.9 Å². The lowest BCUT2D eigenvalue weighted by Gasteiger charge is -2.39. The van der Waals surface area contributed by atoms with Gasteiger partial charge in [0.05, 0.1) is 27.8 Å². The van der Waals surface area contributed by atoms with Gasteiger partial charge in [-0.1, -0.05) is 195 Å². The van der Waals surface area contributed by atoms with E-state index < -0.39 is 5.41 Å². The molecule has 5 aromatic heterocycles. The van der Waals surface area contributed by atoms with Crippen molar-refractivity contribution in [1.82, 2.24) is 8.97 Å². The summed E-state index contributed by atoms with van der Waals surface area (Å²) >= 11 is 0. The molecule has 2 aliphatic rings. The van der Waals surface area contributed by atoms with Crippen LogP contribution in [0, 0.1) is 33.6 Å². The molecular formula is C99H68N2O2. The van der Waals surface area contributed by atoms with Crippen molar-refractivity contribution in [2.24, 2.45) is 5.92 Å². The van der Waals surface area contributed by atoms with Crippen molar-refractivity contribution in [3.05, 3.63) is 324 Å². The molecule has 2 unspecified atom stereocenters. The summed E-state index contributed by atoms with van der Waals surface area (Å²) in [7, 11) is 0. The molecule has 6 heterocycles. The summed E-state index contributed by atoms with van der Waals surface area (Å²) in [4.78, 5) is 0. The highest BCUT2D eigenvalue weighted by molar-refractivity contribution is 6.27. The van der Waals surface area contributed by atoms with Crippen molar-refractivity contribution in [1.29, 1.82) is 0 Å². The van der Waals surface area contributed by atoms with Crippen LogP contribution in [0.3, 0.4) is 0 Å². The van der Waals surface area contributed by atoms with Gasteiger partial charge in [-0.05, 0) is 242 Å². The van der Waals surface area contributed by atoms with E-state index in [0.29, 0.717) is 0 Å². The van der Waals surface area contributed by atoms with Crippen LogP contribution >= 0.6 is 0 Å². The summed E-state index contributed by atoms with van der Waals surface area (Å²) < 4.78 is 19.8. The number of furan rings is 2. The van der Waals surface area contributed by atoms with Crippen LogP contribution in [-0.2, 0) is 5.41 Å². The Hall–Kier alpha value is -12.5. The van der Waals surface area contributed by atoms with E-state index in [0.717, 1.165) is 61.3 Å². The molecule has 1 aliphatic carbocycles. The minimum absolute atomic E-state index is 0.0414. The SMILES string of the molecule is CC1=C(c2oc(-c3c(C)cccc3C)c3cc(-c4c(C)cccc4C)ccc23)C(C)C2(C)c3cc4ccccc4cc3-n3c2c1c1cc2cc(-c4ccc5cc6c(cc5c4)c4cc(-c5cccc(-c7oc(-c8ccccc8)c8ccccc78)c5)cc5c7cc8ccccc8cc7n6c54)ccc2cc13. The molecule has 4 nitrogen and oxygen atoms in total. The molecule has 0 amide bonds. The van der Waals surface area contributed by atoms with E-state index in [-0.39, 0.29) is 5.92 Å². The molecule has 2 atom stereocenters. The van der Waals surface area contributed by atoms with Crippen LogP contribution in [-0.4, -0.2) is 8.97 Å². The van der Waals surface area contributed by atoms with Gasteiger partial charge in [-0.25, -0.2) is 0 Å². The number of rotatable bonds is 7. The summed E-state index contributed by atoms with van der Waals surface area (Å²) in [5.74, 6) is 3.72. The number of benzene rings is 15. The monoisotopic (exact) mass is 1320 g/mol. The van der Waals surface area contributed by atoms with Crippen LogP contribution < -0.4 is 0 Å². The van der Waals surface area contributed by atoms with Crippen LogP contribution in [0.2, 0.25) is 0 Å². The zero-order chi connectivity index (χ0) is 68.6. The Balaban J connectivity index is 0.719. The van der Waals surface area contributed by atoms with Crippen molar-refractivity contribution in [3.8, 4) is 73.0 Å². The largest absolute Gasteiger partial charge is 0.455 e. The summed E-state index contributed by atoms with van der Waals surface area (Å²) in [6.45, 7) is 16.3. The molecule has 0 bridgehead atoms. The van der Waals surface area contributed by atoms with Gasteiger partial charge in [0.2, 0.25) is 0 Å². The van der Waals surface area contributed by atoms with Gasteiger partial charge in [0.25, 0.3) is 0 Å². The highest BCUT2D eigenvalue weighted by Crippen LogP contribution is 2.63. The van der Waals surface area contributed by atoms with Gasteiger partial charge in [0, 0.05) is 93.3 Å². The zero-order valence-electron chi connectivity index (χ0n) is 58.3. The Morgan fingerprint density at radius 2 is 0.777 bits per heavy atom. The van der Waals surface area contributed by atoms with Crippen LogP contribution in [0.5, 0.6) is 0 Å². The Morgan fingerprint density at radius 1 is 0.301 bits per heavy atom. The normalized spacial score (nSPS) is 15.2. The van der Waals surface area contributed by atoms with Gasteiger partial charge in [-0.3, -0.25) is 0 Å². The van der Waals surface area contributed by atoms with E-state index in [2.05, 4.69) is 336 Å². The maximum atomic E-state index is 7.70. The van der Waals surface area contributed by atoms with Gasteiger partial charge in [0.15, 0.2) is 0 Å². The van der Waals surface area contributed by atoms with Crippen molar-refractivity contribution in [2.75, 3.05) is 0 Å². The fourth-order valence-electron chi connectivity index (χ4n) is 19.2. The third-order valence-electron chi connectivity index (χ3n) is 24.3. The van der Waals surface area contributed by atoms with Crippen LogP contribution in [0.4, 0.5) is 0 Å². The lowest BCUT2D eigenvalue weighted by molar-refractivity contribution is 0.443. The van der Waals surface area contributed by atoms with E-state index in [1.165, 1.54) is 181 Å². The quantitative estimate of drug-likeness (QED) is 0.159. The maximum absolute atomic E-state index is 7.70. The first-order valence-electron chi connectivity index (χ1n) is 36.3. The molecular weight excluding hydrogens is 1250 g/mol. The first kappa shape index (κ1) is 58.3. The second kappa shape index (κ2) is 21.0. The number of nitrogens with zero attached hydrogens (tertiary/aromatic N) is 2. The van der Waals surface area contributed by atoms with E-state index in [9.17, 15) is 0 Å². The molecule has 0 radical (unpaired) electrons. The Bertz CT molecular complexity index is 7160. The minimum atomic E-state index is -0.410. The molecule has 0 fully saturated rings. The highest BCUT2D eigenvalue weighted by atomic mass is 16.3. The fourth-order valence-corrected chi connectivity index (χ4v) is 19.2. The van der Waals surface area contributed by atoms with Crippen LogP contribution in [0.25, 0.3) is 198 Å². The van der Waals surface area contributed by atoms with Gasteiger partial charge >= 0.3 is 0 Å². The average Bonchev–Trinajstić information content (AvgIpc) is 1.45. The van der Waals surface area contributed by atoms with E-state index in [4.69, 9.17) is 8.83 Å². The number of aromatic nitrogens is 2. The lowest BCUT2D eigenvalue weighted by Crippen LogP contribution is -2.34. The molecule has 0 saturated carbocycles. The number of fused-ring (bicyclic) bond motifs is 18. The molecule has 1 aliphatic heterocycles. The summed E-state index contributed by atoms with van der Waals surface area (Å²) in [6, 6.07) is 105. The Labute approximate surface area is 595 Å². The number of allylic oxidation sites excluding steroid dienone is 2. The molecule has 0 saturated heterocycles. The summed E-state index contributed by atoms with van der Waals surface area (Å²) in [5.41, 5.74) is 27.8. The molecule has 20 aromatic rings. The van der Waals surface area contributed by atoms with Crippen LogP contribution in [0.1, 0.15) is 65.6 Å². The van der Waals surface area contributed by atoms with E-state index >= 15 is 0 Å². The molecule has 103 heavy (non-hydrogen) atoms. The summed E-state index contributed by atoms with van der Waals surface area (Å²) in [6.07, 6.45) is 0. The average molecular weight is 1320 g/mol. The number of hydrogen-bond donors (Lipinski definition) is 0. The third kappa shape index (κ3) is 8.06. The molecule has 4 heteroatoms. The predicted molar refractivity (Wildman–Crippen MR) is 434 cm³/mol. The topological polar surface area (TPSA) is 35.6 Å². The first-order chi connectivity index (χ1) is 50.4. The molecule has 22 rings (SSSR count). The molecule has 0 N–H and O–H groups in total. The number of hydrogen-bond acceptors (Lipinski definition) is 2. The van der Waals surface area contributed by atoms with Gasteiger partial charge < -0.3 is 17.8 Å². The van der Waals surface area contributed by atoms with Crippen molar-refractivity contribution >= 4 is 125 Å². The minimum Gasteiger partial charge on any atom is -0.455 e. The molecule has 0 spiro atoms. The Morgan fingerprint density at radius 3 is 1.44 bits per heavy atom. The highest BCUT2D eigenvalue weighted by Gasteiger charge is 2.52. The third-order valence-corrected chi connectivity index (χ3v) is 24.3. The zero-order valence-corrected chi connectivity index (χ0v) is 58.3. The fraction of sp³-hybridized carbons (Fsp3) is 0.0909. The molecule has 15 aromatic carbocycles. The van der Waals surface area contributed by atoms with Gasteiger partial charge in [-0.15, -0.1) is 0 Å². The predicted octanol–water partition coefficient (Wildman–Crippen LogP) is 27.3. The van der Waals surface area contributed by atoms with Gasteiger partial charge in [-0.2, -0.15) is 0 Å². The Kier molecular flexibility index (Phi) is 11.9. The standard InChI is InChI=1S/C99H68N2O2/c1-54-20-17-21-55(2)89(54)70-38-39-77-82(44-70)97(90-56(3)22-18-23-57(90)4)103-96(77)91-58(5)92-83-48-73-42-67(35-37-69(73)52-87(83)101-88-53-65-29-14-12-27-63(65)49-84(88)99(7,59(91)6)98(92)101)66-34-36-68-51-86-79(45-72(68)41-66)81-47-74(46-80-78-43-62-26-11-13-28-64(62)50-85(78)100(86)93(80)81)61-30-19-31-71(40-61)95-76-33-16-15-32-75(76)94(102-95)60-24-9-8-10-25-60/h8-53,59H,1-7H3. The smallest absolute Gasteiger partial charge is 0.143 e. The van der Waals surface area contributed by atoms with Crippen LogP contribution in [0.15, 0.2) is 288 Å². The lowest BCUT2D eigenvalue weighted by atomic mass is 9.62. The van der Waals surface area contributed by atoms with E-state index in [1.807, 2.05) is 0 Å². The van der Waals surface area contributed by atoms with Crippen molar-refractivity contribution in [3.63, 3.8) is 0 Å². The van der Waals surface area contributed by atoms with E-state index in [1.54, 1.807) is 0 Å².